The van der Waals surface area contributed by atoms with Gasteiger partial charge in [0.05, 0.1) is 13.7 Å². The van der Waals surface area contributed by atoms with E-state index < -0.39 is 0 Å². The highest BCUT2D eigenvalue weighted by Gasteiger charge is 2.29. The van der Waals surface area contributed by atoms with E-state index >= 15 is 0 Å². The zero-order valence-corrected chi connectivity index (χ0v) is 28.0. The lowest BCUT2D eigenvalue weighted by Crippen LogP contribution is -2.38. The van der Waals surface area contributed by atoms with Crippen LogP contribution in [0.5, 0.6) is 28.7 Å². The van der Waals surface area contributed by atoms with Crippen LogP contribution in [0, 0.1) is 0 Å². The number of anilines is 1. The van der Waals surface area contributed by atoms with Gasteiger partial charge in [0, 0.05) is 50.1 Å². The van der Waals surface area contributed by atoms with Crippen molar-refractivity contribution in [2.45, 2.75) is 44.3 Å². The Morgan fingerprint density at radius 1 is 0.918 bits per heavy atom. The van der Waals surface area contributed by atoms with Gasteiger partial charge < -0.3 is 24.4 Å². The molecule has 252 valence electrons. The fourth-order valence-corrected chi connectivity index (χ4v) is 6.25. The SMILES string of the molecule is COc1ccc(Cn2nc(NC[C@@H]3CCCN3C(=O)/C=C/CN(C)C3CC3)c3c(Oc4ccc(Oc5ccccc5)cc4)ccnc32)cc1. The third-order valence-corrected chi connectivity index (χ3v) is 9.11. The summed E-state index contributed by atoms with van der Waals surface area (Å²) in [5.41, 5.74) is 1.76. The molecule has 2 fully saturated rings. The topological polar surface area (TPSA) is 94.0 Å². The molecule has 5 aromatic rings. The number of methoxy groups -OCH3 is 1. The first-order valence-electron chi connectivity index (χ1n) is 16.9. The third-order valence-electron chi connectivity index (χ3n) is 9.11. The van der Waals surface area contributed by atoms with Gasteiger partial charge in [-0.25, -0.2) is 9.67 Å². The van der Waals surface area contributed by atoms with Gasteiger partial charge in [-0.1, -0.05) is 36.4 Å². The second-order valence-corrected chi connectivity index (χ2v) is 12.6. The third kappa shape index (κ3) is 7.87. The number of rotatable bonds is 14. The van der Waals surface area contributed by atoms with E-state index in [1.807, 2.05) is 101 Å². The van der Waals surface area contributed by atoms with Crippen molar-refractivity contribution in [2.75, 3.05) is 39.1 Å². The number of fused-ring (bicyclic) bond motifs is 1. The van der Waals surface area contributed by atoms with Crippen LogP contribution < -0.4 is 19.5 Å². The molecule has 1 amide bonds. The largest absolute Gasteiger partial charge is 0.497 e. The summed E-state index contributed by atoms with van der Waals surface area (Å²) in [6, 6.07) is 27.7. The Hall–Kier alpha value is -5.35. The van der Waals surface area contributed by atoms with Crippen LogP contribution in [-0.4, -0.2) is 76.3 Å². The standard InChI is InChI=1S/C39H42N6O4/c1-43(29-14-15-29)24-7-11-36(46)44-25-6-8-30(44)26-41-38-37-35(49-34-20-18-33(19-21-34)48-32-9-4-3-5-10-32)22-23-40-39(37)45(42-38)27-28-12-16-31(47-2)17-13-28/h3-5,7,9-13,16-23,29-30H,6,8,14-15,24-27H2,1-2H3,(H,41,42)/b11-7+/t30-/m0/s1. The Balaban J connectivity index is 1.11. The predicted molar refractivity (Wildman–Crippen MR) is 191 cm³/mol. The summed E-state index contributed by atoms with van der Waals surface area (Å²) < 4.78 is 19.7. The van der Waals surface area contributed by atoms with Gasteiger partial charge in [-0.3, -0.25) is 9.69 Å². The molecule has 10 nitrogen and oxygen atoms in total. The van der Waals surface area contributed by atoms with Crippen LogP contribution >= 0.6 is 0 Å². The van der Waals surface area contributed by atoms with Crippen molar-refractivity contribution in [1.29, 1.82) is 0 Å². The van der Waals surface area contributed by atoms with Crippen LogP contribution in [0.15, 0.2) is 103 Å². The zero-order chi connectivity index (χ0) is 33.6. The number of pyridine rings is 1. The van der Waals surface area contributed by atoms with Gasteiger partial charge in [-0.05, 0) is 86.8 Å². The normalized spacial score (nSPS) is 16.1. The van der Waals surface area contributed by atoms with Crippen molar-refractivity contribution in [1.82, 2.24) is 24.6 Å². The zero-order valence-electron chi connectivity index (χ0n) is 28.0. The minimum atomic E-state index is 0.0540. The van der Waals surface area contributed by atoms with E-state index in [9.17, 15) is 4.79 Å². The summed E-state index contributed by atoms with van der Waals surface area (Å²) in [5, 5.41) is 9.36. The summed E-state index contributed by atoms with van der Waals surface area (Å²) in [6.45, 7) is 2.62. The highest BCUT2D eigenvalue weighted by Crippen LogP contribution is 2.36. The molecule has 1 N–H and O–H groups in total. The van der Waals surface area contributed by atoms with Crippen molar-refractivity contribution in [3.8, 4) is 28.7 Å². The van der Waals surface area contributed by atoms with E-state index in [0.717, 1.165) is 48.4 Å². The number of ether oxygens (including phenoxy) is 3. The molecule has 49 heavy (non-hydrogen) atoms. The lowest BCUT2D eigenvalue weighted by Gasteiger charge is -2.24. The number of hydrogen-bond acceptors (Lipinski definition) is 8. The molecule has 1 saturated carbocycles. The number of nitrogens with one attached hydrogen (secondary N) is 1. The van der Waals surface area contributed by atoms with Crippen LogP contribution in [0.1, 0.15) is 31.2 Å². The van der Waals surface area contributed by atoms with Gasteiger partial charge in [0.2, 0.25) is 5.91 Å². The molecule has 1 aliphatic heterocycles. The highest BCUT2D eigenvalue weighted by atomic mass is 16.5. The number of nitrogens with zero attached hydrogens (tertiary/aromatic N) is 5. The minimum Gasteiger partial charge on any atom is -0.497 e. The van der Waals surface area contributed by atoms with Gasteiger partial charge in [-0.15, -0.1) is 0 Å². The van der Waals surface area contributed by atoms with Crippen LogP contribution in [0.25, 0.3) is 11.0 Å². The number of carbonyl (C=O) groups is 1. The maximum atomic E-state index is 13.2. The number of aromatic nitrogens is 3. The summed E-state index contributed by atoms with van der Waals surface area (Å²) >= 11 is 0. The van der Waals surface area contributed by atoms with Gasteiger partial charge in [0.25, 0.3) is 0 Å². The van der Waals surface area contributed by atoms with Crippen molar-refractivity contribution in [2.24, 2.45) is 0 Å². The molecule has 1 saturated heterocycles. The van der Waals surface area contributed by atoms with Crippen molar-refractivity contribution in [3.05, 3.63) is 109 Å². The number of likely N-dealkylation sites (N-methyl/N-ethyl adjacent to an activating group) is 1. The quantitative estimate of drug-likeness (QED) is 0.126. The van der Waals surface area contributed by atoms with Gasteiger partial charge in [0.1, 0.15) is 34.1 Å². The molecule has 10 heteroatoms. The number of benzene rings is 3. The number of amides is 1. The number of hydrogen-bond donors (Lipinski definition) is 1. The molecule has 1 atom stereocenters. The molecular weight excluding hydrogens is 616 g/mol. The lowest BCUT2D eigenvalue weighted by atomic mass is 10.2. The number of para-hydroxylation sites is 1. The second kappa shape index (κ2) is 14.8. The molecule has 1 aliphatic carbocycles. The summed E-state index contributed by atoms with van der Waals surface area (Å²) in [4.78, 5) is 22.2. The maximum absolute atomic E-state index is 13.2. The van der Waals surface area contributed by atoms with Gasteiger partial charge >= 0.3 is 0 Å². The molecule has 2 aliphatic rings. The molecular formula is C39H42N6O4. The fourth-order valence-electron chi connectivity index (χ4n) is 6.25. The van der Waals surface area contributed by atoms with Gasteiger partial charge in [0.15, 0.2) is 11.5 Å². The molecule has 2 aromatic heterocycles. The Kier molecular flexibility index (Phi) is 9.74. The van der Waals surface area contributed by atoms with Crippen molar-refractivity contribution < 1.29 is 19.0 Å². The van der Waals surface area contributed by atoms with Crippen LogP contribution in [0.2, 0.25) is 0 Å². The lowest BCUT2D eigenvalue weighted by molar-refractivity contribution is -0.126. The number of likely N-dealkylation sites (tertiary alicyclic amines) is 1. The van der Waals surface area contributed by atoms with E-state index in [0.29, 0.717) is 47.8 Å². The Bertz CT molecular complexity index is 1890. The van der Waals surface area contributed by atoms with E-state index in [1.165, 1.54) is 12.8 Å². The smallest absolute Gasteiger partial charge is 0.246 e. The fraction of sp³-hybridized carbons (Fsp3) is 0.308. The molecule has 0 radical (unpaired) electrons. The first-order valence-corrected chi connectivity index (χ1v) is 16.9. The summed E-state index contributed by atoms with van der Waals surface area (Å²) in [6.07, 6.45) is 9.88. The highest BCUT2D eigenvalue weighted by molar-refractivity contribution is 5.93. The average molecular weight is 659 g/mol. The predicted octanol–water partition coefficient (Wildman–Crippen LogP) is 7.13. The van der Waals surface area contributed by atoms with E-state index in [-0.39, 0.29) is 11.9 Å². The molecule has 0 spiro atoms. The monoisotopic (exact) mass is 658 g/mol. The summed E-state index contributed by atoms with van der Waals surface area (Å²) in [5.74, 6) is 4.30. The van der Waals surface area contributed by atoms with Crippen LogP contribution in [0.3, 0.4) is 0 Å². The summed E-state index contributed by atoms with van der Waals surface area (Å²) in [7, 11) is 3.78. The Morgan fingerprint density at radius 2 is 1.63 bits per heavy atom. The molecule has 3 heterocycles. The minimum absolute atomic E-state index is 0.0540. The first-order chi connectivity index (χ1) is 24.0. The average Bonchev–Trinajstić information content (AvgIpc) is 3.78. The Labute approximate surface area is 286 Å². The molecule has 0 unspecified atom stereocenters. The number of carbonyl (C=O) groups excluding carboxylic acids is 1. The van der Waals surface area contributed by atoms with Crippen molar-refractivity contribution in [3.63, 3.8) is 0 Å². The maximum Gasteiger partial charge on any atom is 0.246 e. The van der Waals surface area contributed by atoms with Crippen molar-refractivity contribution >= 4 is 22.8 Å². The van der Waals surface area contributed by atoms with E-state index in [4.69, 9.17) is 24.3 Å². The van der Waals surface area contributed by atoms with Crippen LogP contribution in [-0.2, 0) is 11.3 Å². The molecule has 0 bridgehead atoms. The van der Waals surface area contributed by atoms with E-state index in [1.54, 1.807) is 19.4 Å². The van der Waals surface area contributed by atoms with Crippen LogP contribution in [0.4, 0.5) is 5.82 Å². The molecule has 7 rings (SSSR count). The van der Waals surface area contributed by atoms with E-state index in [2.05, 4.69) is 17.3 Å². The second-order valence-electron chi connectivity index (χ2n) is 12.6. The first kappa shape index (κ1) is 32.2. The molecule has 3 aromatic carbocycles. The Morgan fingerprint density at radius 3 is 2.37 bits per heavy atom. The van der Waals surface area contributed by atoms with Gasteiger partial charge in [-0.2, -0.15) is 5.10 Å².